The summed E-state index contributed by atoms with van der Waals surface area (Å²) in [7, 11) is -3.18. The smallest absolute Gasteiger partial charge is 0.443 e. The van der Waals surface area contributed by atoms with Crippen LogP contribution < -0.4 is 10.3 Å². The number of benzene rings is 2. The molecule has 9 nitrogen and oxygen atoms in total. The quantitative estimate of drug-likeness (QED) is 0.505. The van der Waals surface area contributed by atoms with E-state index in [1.165, 1.54) is 4.90 Å². The normalized spacial score (nSPS) is 18.6. The minimum absolute atomic E-state index is 0.0938. The number of nitrogens with one attached hydrogen (secondary N) is 1. The third-order valence-corrected chi connectivity index (χ3v) is 8.01. The molecule has 2 aliphatic rings. The number of carbonyl (C=O) groups is 1. The number of hydrazone groups is 1. The number of carbonyl (C=O) groups excluding carboxylic acids is 1. The van der Waals surface area contributed by atoms with Gasteiger partial charge >= 0.3 is 18.1 Å². The van der Waals surface area contributed by atoms with Crippen molar-refractivity contribution in [3.8, 4) is 11.1 Å². The molecule has 13 heteroatoms. The Labute approximate surface area is 222 Å². The van der Waals surface area contributed by atoms with Crippen LogP contribution in [0.4, 0.5) is 23.7 Å². The summed E-state index contributed by atoms with van der Waals surface area (Å²) in [5.41, 5.74) is 5.90. The van der Waals surface area contributed by atoms with Crippen LogP contribution in [-0.4, -0.2) is 61.0 Å². The first-order valence-electron chi connectivity index (χ1n) is 12.0. The molecule has 1 atom stereocenters. The van der Waals surface area contributed by atoms with Crippen LogP contribution in [0.2, 0.25) is 0 Å². The Morgan fingerprint density at radius 1 is 1.03 bits per heavy atom. The zero-order valence-electron chi connectivity index (χ0n) is 20.5. The first-order valence-corrected chi connectivity index (χ1v) is 13.8. The molecule has 0 bridgehead atoms. The molecule has 1 saturated heterocycles. The first kappa shape index (κ1) is 26.5. The Balaban J connectivity index is 1.36. The predicted octanol–water partition coefficient (Wildman–Crippen LogP) is 4.10. The number of alkyl halides is 3. The van der Waals surface area contributed by atoms with Crippen LogP contribution in [0.1, 0.15) is 17.4 Å². The lowest BCUT2D eigenvalue weighted by Crippen LogP contribution is -2.49. The van der Waals surface area contributed by atoms with Gasteiger partial charge in [0.2, 0.25) is 6.23 Å². The molecule has 204 valence electrons. The maximum Gasteiger partial charge on any atom is 0.470 e. The summed E-state index contributed by atoms with van der Waals surface area (Å²) in [6, 6.07) is 17.4. The molecule has 2 amide bonds. The number of sulfone groups is 1. The van der Waals surface area contributed by atoms with Crippen molar-refractivity contribution in [1.82, 2.24) is 15.3 Å². The molecule has 0 saturated carbocycles. The highest BCUT2D eigenvalue weighted by Gasteiger charge is 2.43. The number of pyridine rings is 1. The fourth-order valence-electron chi connectivity index (χ4n) is 4.25. The van der Waals surface area contributed by atoms with E-state index in [0.717, 1.165) is 11.1 Å². The van der Waals surface area contributed by atoms with E-state index < -0.39 is 28.1 Å². The second-order valence-corrected chi connectivity index (χ2v) is 11.4. The number of amides is 2. The van der Waals surface area contributed by atoms with Crippen LogP contribution in [-0.2, 0) is 21.1 Å². The van der Waals surface area contributed by atoms with Gasteiger partial charge in [0.25, 0.3) is 0 Å². The highest BCUT2D eigenvalue weighted by atomic mass is 32.2. The molecule has 0 radical (unpaired) electrons. The van der Waals surface area contributed by atoms with E-state index in [2.05, 4.69) is 15.5 Å². The second-order valence-electron chi connectivity index (χ2n) is 9.08. The molecule has 39 heavy (non-hydrogen) atoms. The Bertz CT molecular complexity index is 1450. The van der Waals surface area contributed by atoms with E-state index in [4.69, 9.17) is 4.74 Å². The molecular formula is C26H24F3N5O4S. The Morgan fingerprint density at radius 3 is 2.31 bits per heavy atom. The molecular weight excluding hydrogens is 535 g/mol. The third kappa shape index (κ3) is 6.14. The summed E-state index contributed by atoms with van der Waals surface area (Å²) >= 11 is 0. The zero-order valence-corrected chi connectivity index (χ0v) is 21.3. The first-order chi connectivity index (χ1) is 18.6. The minimum Gasteiger partial charge on any atom is -0.443 e. The molecule has 1 N–H and O–H groups in total. The minimum atomic E-state index is -4.69. The molecule has 0 aliphatic carbocycles. The monoisotopic (exact) mass is 559 g/mol. The molecule has 5 rings (SSSR count). The van der Waals surface area contributed by atoms with E-state index >= 15 is 0 Å². The Morgan fingerprint density at radius 2 is 1.72 bits per heavy atom. The molecule has 1 unspecified atom stereocenters. The summed E-state index contributed by atoms with van der Waals surface area (Å²) in [6.45, 7) is 0.338. The van der Waals surface area contributed by atoms with Crippen LogP contribution in [0.5, 0.6) is 0 Å². The molecule has 3 aromatic rings. The van der Waals surface area contributed by atoms with Crippen LogP contribution >= 0.6 is 0 Å². The third-order valence-electron chi connectivity index (χ3n) is 6.40. The number of aromatic nitrogens is 1. The second kappa shape index (κ2) is 10.6. The van der Waals surface area contributed by atoms with Gasteiger partial charge in [0.05, 0.1) is 18.1 Å². The van der Waals surface area contributed by atoms with E-state index in [0.29, 0.717) is 16.8 Å². The molecule has 3 heterocycles. The largest absolute Gasteiger partial charge is 0.470 e. The summed E-state index contributed by atoms with van der Waals surface area (Å²) in [4.78, 5) is 20.8. The van der Waals surface area contributed by atoms with Gasteiger partial charge in [0.15, 0.2) is 9.84 Å². The van der Waals surface area contributed by atoms with E-state index in [1.807, 2.05) is 36.4 Å². The highest BCUT2D eigenvalue weighted by molar-refractivity contribution is 7.91. The lowest BCUT2D eigenvalue weighted by atomic mass is 10.1. The number of urea groups is 1. The Hall–Kier alpha value is -4.13. The zero-order chi connectivity index (χ0) is 27.6. The van der Waals surface area contributed by atoms with E-state index in [9.17, 15) is 26.4 Å². The van der Waals surface area contributed by atoms with Gasteiger partial charge in [-0.1, -0.05) is 42.5 Å². The number of anilines is 1. The van der Waals surface area contributed by atoms with Gasteiger partial charge < -0.3 is 9.64 Å². The van der Waals surface area contributed by atoms with Crippen LogP contribution in [0.15, 0.2) is 78.2 Å². The van der Waals surface area contributed by atoms with Gasteiger partial charge in [-0.15, -0.1) is 5.10 Å². The summed E-state index contributed by atoms with van der Waals surface area (Å²) in [5, 5.41) is 3.20. The van der Waals surface area contributed by atoms with Crippen molar-refractivity contribution in [2.45, 2.75) is 18.9 Å². The van der Waals surface area contributed by atoms with Crippen LogP contribution in [0.3, 0.4) is 0 Å². The number of ether oxygens (including phenoxy) is 1. The highest BCUT2D eigenvalue weighted by Crippen LogP contribution is 2.29. The average Bonchev–Trinajstić information content (AvgIpc) is 3.44. The predicted molar refractivity (Wildman–Crippen MR) is 138 cm³/mol. The van der Waals surface area contributed by atoms with Gasteiger partial charge in [-0.2, -0.15) is 13.2 Å². The summed E-state index contributed by atoms with van der Waals surface area (Å²) in [6.07, 6.45) is -2.36. The van der Waals surface area contributed by atoms with Gasteiger partial charge in [-0.05, 0) is 34.9 Å². The topological polar surface area (TPSA) is 104 Å². The van der Waals surface area contributed by atoms with Crippen molar-refractivity contribution in [2.75, 3.05) is 29.5 Å². The average molecular weight is 560 g/mol. The van der Waals surface area contributed by atoms with Gasteiger partial charge in [0.1, 0.15) is 0 Å². The van der Waals surface area contributed by atoms with Crippen molar-refractivity contribution >= 4 is 27.5 Å². The van der Waals surface area contributed by atoms with Gasteiger partial charge in [-0.25, -0.2) is 13.2 Å². The lowest BCUT2D eigenvalue weighted by Gasteiger charge is -2.33. The maximum absolute atomic E-state index is 13.6. The van der Waals surface area contributed by atoms with Crippen LogP contribution in [0, 0.1) is 0 Å². The van der Waals surface area contributed by atoms with Crippen molar-refractivity contribution < 1.29 is 31.1 Å². The van der Waals surface area contributed by atoms with Crippen molar-refractivity contribution in [1.29, 1.82) is 0 Å². The molecule has 1 aromatic heterocycles. The molecule has 2 aromatic carbocycles. The van der Waals surface area contributed by atoms with Gasteiger partial charge in [-0.3, -0.25) is 15.3 Å². The van der Waals surface area contributed by atoms with Crippen molar-refractivity contribution in [2.24, 2.45) is 5.10 Å². The number of halogens is 3. The number of hydrogen-bond acceptors (Lipinski definition) is 7. The fraction of sp³-hybridized carbons (Fsp3) is 0.269. The number of nitrogens with zero attached hydrogens (tertiary/aromatic N) is 4. The maximum atomic E-state index is 13.6. The summed E-state index contributed by atoms with van der Waals surface area (Å²) in [5.74, 6) is -1.54. The molecule has 2 aliphatic heterocycles. The number of rotatable bonds is 5. The SMILES string of the molecule is O=C(N1CCS(=O)(=O)CC1)N(Cc1ccc(C2NN=C(C(F)(F)F)O2)cc1)c1ccc(-c2cccnc2)cc1. The standard InChI is InChI=1S/C26H24F3N5O4S/c27-26(28,29)24-32-31-23(38-24)20-5-3-18(4-6-20)17-34(25(35)33-12-14-39(36,37)15-13-33)22-9-7-19(8-10-22)21-2-1-11-30-16-21/h1-11,16,23,31H,12-15,17H2. The number of hydrogen-bond donors (Lipinski definition) is 1. The van der Waals surface area contributed by atoms with Crippen molar-refractivity contribution in [3.63, 3.8) is 0 Å². The van der Waals surface area contributed by atoms with E-state index in [1.54, 1.807) is 41.6 Å². The van der Waals surface area contributed by atoms with E-state index in [-0.39, 0.29) is 37.2 Å². The van der Waals surface area contributed by atoms with Crippen molar-refractivity contribution in [3.05, 3.63) is 84.2 Å². The van der Waals surface area contributed by atoms with Gasteiger partial charge in [0, 0.05) is 36.7 Å². The fourth-order valence-corrected chi connectivity index (χ4v) is 5.45. The summed E-state index contributed by atoms with van der Waals surface area (Å²) < 4.78 is 67.2. The molecule has 0 spiro atoms. The van der Waals surface area contributed by atoms with Crippen LogP contribution in [0.25, 0.3) is 11.1 Å². The molecule has 1 fully saturated rings. The lowest BCUT2D eigenvalue weighted by molar-refractivity contribution is -0.0796. The Kier molecular flexibility index (Phi) is 7.17.